The molecule has 0 aliphatic rings. The van der Waals surface area contributed by atoms with Crippen LogP contribution in [-0.2, 0) is 16.0 Å². The van der Waals surface area contributed by atoms with E-state index < -0.39 is 25.7 Å². The molecule has 0 radical (unpaired) electrons. The van der Waals surface area contributed by atoms with Crippen LogP contribution in [-0.4, -0.2) is 32.8 Å². The molecule has 0 aromatic heterocycles. The van der Waals surface area contributed by atoms with E-state index in [1.54, 1.807) is 36.4 Å². The second-order valence-corrected chi connectivity index (χ2v) is 14.0. The number of esters is 1. The molecule has 2 aromatic carbocycles. The Morgan fingerprint density at radius 2 is 1.72 bits per heavy atom. The van der Waals surface area contributed by atoms with E-state index in [0.717, 1.165) is 6.08 Å². The van der Waals surface area contributed by atoms with Crippen LogP contribution in [0.3, 0.4) is 0 Å². The highest BCUT2D eigenvalue weighted by Gasteiger charge is 2.41. The molecule has 0 aliphatic heterocycles. The molecular formula is C25H32FNO4Si. The van der Waals surface area contributed by atoms with Crippen LogP contribution in [0.2, 0.25) is 18.1 Å². The van der Waals surface area contributed by atoms with Crippen LogP contribution in [0.25, 0.3) is 0 Å². The Labute approximate surface area is 190 Å². The van der Waals surface area contributed by atoms with E-state index in [-0.39, 0.29) is 17.8 Å². The minimum Gasteiger partial charge on any atom is -0.543 e. The first-order valence-corrected chi connectivity index (χ1v) is 13.4. The summed E-state index contributed by atoms with van der Waals surface area (Å²) >= 11 is 0. The molecule has 2 rings (SSSR count). The van der Waals surface area contributed by atoms with Gasteiger partial charge in [0.25, 0.3) is 5.91 Å². The molecule has 172 valence electrons. The summed E-state index contributed by atoms with van der Waals surface area (Å²) in [5.74, 6) is -0.611. The highest BCUT2D eigenvalue weighted by molar-refractivity contribution is 6.74. The van der Waals surface area contributed by atoms with Crippen molar-refractivity contribution in [1.82, 2.24) is 5.32 Å². The first-order valence-electron chi connectivity index (χ1n) is 10.5. The van der Waals surface area contributed by atoms with Crippen molar-refractivity contribution >= 4 is 20.2 Å². The lowest BCUT2D eigenvalue weighted by Gasteiger charge is -2.36. The largest absolute Gasteiger partial charge is 0.543 e. The van der Waals surface area contributed by atoms with Crippen LogP contribution in [0.15, 0.2) is 67.0 Å². The Morgan fingerprint density at radius 3 is 2.28 bits per heavy atom. The van der Waals surface area contributed by atoms with Crippen molar-refractivity contribution in [2.75, 3.05) is 7.11 Å². The molecule has 0 fully saturated rings. The Balaban J connectivity index is 2.40. The molecule has 7 heteroatoms. The van der Waals surface area contributed by atoms with Gasteiger partial charge in [0, 0.05) is 12.0 Å². The molecule has 1 N–H and O–H groups in total. The van der Waals surface area contributed by atoms with Crippen molar-refractivity contribution < 1.29 is 23.1 Å². The van der Waals surface area contributed by atoms with E-state index in [9.17, 15) is 14.0 Å². The smallest absolute Gasteiger partial charge is 0.336 e. The average molecular weight is 458 g/mol. The molecule has 0 heterocycles. The second kappa shape index (κ2) is 10.1. The zero-order valence-corrected chi connectivity index (χ0v) is 20.6. The standard InChI is InChI=1S/C25H32FNO4Si/c1-24(2,3)32(5,6)31-21-14-10-11-19(17-21)18-25(15-16-26,23(29)30-4)27-22(28)20-12-8-7-9-13-20/h7-17H,18H2,1-6H3,(H,27,28)/b16-15-/t25-/m1/s1. The minimum atomic E-state index is -2.08. The van der Waals surface area contributed by atoms with Crippen LogP contribution in [0.1, 0.15) is 36.7 Å². The normalized spacial score (nSPS) is 14.0. The number of carbonyl (C=O) groups is 2. The molecule has 2 aromatic rings. The van der Waals surface area contributed by atoms with Crippen molar-refractivity contribution in [3.8, 4) is 5.75 Å². The van der Waals surface area contributed by atoms with Gasteiger partial charge in [-0.15, -0.1) is 0 Å². The summed E-state index contributed by atoms with van der Waals surface area (Å²) in [6, 6.07) is 15.7. The lowest BCUT2D eigenvalue weighted by atomic mass is 9.90. The van der Waals surface area contributed by atoms with Gasteiger partial charge in [-0.1, -0.05) is 51.1 Å². The predicted octanol–water partition coefficient (Wildman–Crippen LogP) is 5.44. The number of nitrogens with one attached hydrogen (secondary N) is 1. The molecule has 0 aliphatic carbocycles. The fourth-order valence-electron chi connectivity index (χ4n) is 2.98. The van der Waals surface area contributed by atoms with Crippen LogP contribution in [0.5, 0.6) is 5.75 Å². The number of carbonyl (C=O) groups excluding carboxylic acids is 2. The molecule has 0 saturated carbocycles. The van der Waals surface area contributed by atoms with Gasteiger partial charge in [-0.2, -0.15) is 0 Å². The van der Waals surface area contributed by atoms with Crippen molar-refractivity contribution in [3.63, 3.8) is 0 Å². The number of rotatable bonds is 8. The lowest BCUT2D eigenvalue weighted by molar-refractivity contribution is -0.146. The van der Waals surface area contributed by atoms with Gasteiger partial charge in [-0.25, -0.2) is 9.18 Å². The summed E-state index contributed by atoms with van der Waals surface area (Å²) in [4.78, 5) is 25.6. The SMILES string of the molecule is COC(=O)[C@@](/C=C\F)(Cc1cccc(O[Si](C)(C)C(C)(C)C)c1)NC(=O)c1ccccc1. The molecule has 32 heavy (non-hydrogen) atoms. The third-order valence-corrected chi connectivity index (χ3v) is 10.2. The highest BCUT2D eigenvalue weighted by atomic mass is 28.4. The Bertz CT molecular complexity index is 969. The van der Waals surface area contributed by atoms with Gasteiger partial charge in [-0.05, 0) is 54.0 Å². The Morgan fingerprint density at radius 1 is 1.06 bits per heavy atom. The second-order valence-electron chi connectivity index (χ2n) is 9.26. The zero-order chi connectivity index (χ0) is 24.0. The van der Waals surface area contributed by atoms with E-state index in [4.69, 9.17) is 9.16 Å². The van der Waals surface area contributed by atoms with Crippen molar-refractivity contribution in [2.24, 2.45) is 0 Å². The third kappa shape index (κ3) is 6.07. The van der Waals surface area contributed by atoms with Gasteiger partial charge in [0.2, 0.25) is 8.32 Å². The summed E-state index contributed by atoms with van der Waals surface area (Å²) in [6.45, 7) is 10.7. The Hall–Kier alpha value is -2.93. The number of methoxy groups -OCH3 is 1. The first-order chi connectivity index (χ1) is 14.9. The van der Waals surface area contributed by atoms with E-state index in [0.29, 0.717) is 16.9 Å². The lowest BCUT2D eigenvalue weighted by Crippen LogP contribution is -2.55. The summed E-state index contributed by atoms with van der Waals surface area (Å²) in [5, 5.41) is 2.68. The number of benzene rings is 2. The summed E-state index contributed by atoms with van der Waals surface area (Å²) in [7, 11) is -0.874. The molecule has 0 unspecified atom stereocenters. The van der Waals surface area contributed by atoms with E-state index >= 15 is 0 Å². The van der Waals surface area contributed by atoms with Crippen LogP contribution in [0.4, 0.5) is 4.39 Å². The molecule has 5 nitrogen and oxygen atoms in total. The van der Waals surface area contributed by atoms with Crippen LogP contribution in [0, 0.1) is 0 Å². The summed E-state index contributed by atoms with van der Waals surface area (Å²) in [5.41, 5.74) is -0.674. The summed E-state index contributed by atoms with van der Waals surface area (Å²) in [6.07, 6.45) is 1.26. The predicted molar refractivity (Wildman–Crippen MR) is 127 cm³/mol. The van der Waals surface area contributed by atoms with Crippen LogP contribution >= 0.6 is 0 Å². The number of ether oxygens (including phenoxy) is 1. The number of amides is 1. The number of halogens is 1. The first kappa shape index (κ1) is 25.3. The number of hydrogen-bond acceptors (Lipinski definition) is 4. The van der Waals surface area contributed by atoms with Crippen molar-refractivity contribution in [2.45, 2.75) is 50.9 Å². The van der Waals surface area contributed by atoms with Gasteiger partial charge >= 0.3 is 5.97 Å². The van der Waals surface area contributed by atoms with Gasteiger partial charge in [0.15, 0.2) is 5.54 Å². The van der Waals surface area contributed by atoms with Crippen molar-refractivity contribution in [1.29, 1.82) is 0 Å². The maximum absolute atomic E-state index is 13.4. The summed E-state index contributed by atoms with van der Waals surface area (Å²) < 4.78 is 24.7. The fourth-order valence-corrected chi connectivity index (χ4v) is 4.00. The maximum atomic E-state index is 13.4. The molecule has 1 amide bonds. The molecule has 1 atom stereocenters. The van der Waals surface area contributed by atoms with Crippen molar-refractivity contribution in [3.05, 3.63) is 78.1 Å². The molecule has 0 spiro atoms. The quantitative estimate of drug-likeness (QED) is 0.424. The van der Waals surface area contributed by atoms with Gasteiger partial charge in [0.1, 0.15) is 5.75 Å². The number of hydrogen-bond donors (Lipinski definition) is 1. The Kier molecular flexibility index (Phi) is 8.01. The topological polar surface area (TPSA) is 64.6 Å². The highest BCUT2D eigenvalue weighted by Crippen LogP contribution is 2.37. The molecular weight excluding hydrogens is 425 g/mol. The molecule has 0 bridgehead atoms. The maximum Gasteiger partial charge on any atom is 0.336 e. The van der Waals surface area contributed by atoms with E-state index in [1.165, 1.54) is 7.11 Å². The van der Waals surface area contributed by atoms with Gasteiger partial charge in [0.05, 0.1) is 13.4 Å². The third-order valence-electron chi connectivity index (χ3n) is 5.83. The molecule has 0 saturated heterocycles. The average Bonchev–Trinajstić information content (AvgIpc) is 2.73. The zero-order valence-electron chi connectivity index (χ0n) is 19.6. The van der Waals surface area contributed by atoms with Gasteiger partial charge in [-0.3, -0.25) is 4.79 Å². The van der Waals surface area contributed by atoms with E-state index in [1.807, 2.05) is 18.2 Å². The fraction of sp³-hybridized carbons (Fsp3) is 0.360. The van der Waals surface area contributed by atoms with E-state index in [2.05, 4.69) is 39.2 Å². The van der Waals surface area contributed by atoms with Crippen LogP contribution < -0.4 is 9.74 Å². The monoisotopic (exact) mass is 457 g/mol. The van der Waals surface area contributed by atoms with Gasteiger partial charge < -0.3 is 14.5 Å². The minimum absolute atomic E-state index is 0.00658.